The highest BCUT2D eigenvalue weighted by atomic mass is 79.9. The van der Waals surface area contributed by atoms with E-state index in [-0.39, 0.29) is 16.3 Å². The van der Waals surface area contributed by atoms with Crippen LogP contribution in [0.15, 0.2) is 50.2 Å². The van der Waals surface area contributed by atoms with Crippen LogP contribution in [0.1, 0.15) is 0 Å². The number of nitrogen functional groups attached to an aromatic ring is 1. The molecule has 2 aromatic rings. The molecule has 0 fully saturated rings. The number of rotatable bonds is 3. The maximum Gasteiger partial charge on any atom is 0.263 e. The molecule has 0 unspecified atom stereocenters. The summed E-state index contributed by atoms with van der Waals surface area (Å²) in [6, 6.07) is 9.44. The van der Waals surface area contributed by atoms with E-state index in [9.17, 15) is 8.42 Å². The summed E-state index contributed by atoms with van der Waals surface area (Å²) in [6.07, 6.45) is 0. The Morgan fingerprint density at radius 1 is 1.05 bits per heavy atom. The van der Waals surface area contributed by atoms with Gasteiger partial charge in [0.15, 0.2) is 0 Å². The molecule has 3 N–H and O–H groups in total. The van der Waals surface area contributed by atoms with E-state index >= 15 is 0 Å². The van der Waals surface area contributed by atoms with E-state index in [0.717, 1.165) is 0 Å². The van der Waals surface area contributed by atoms with E-state index in [1.807, 2.05) is 0 Å². The molecule has 0 aliphatic carbocycles. The molecule has 0 aliphatic rings. The minimum Gasteiger partial charge on any atom is -0.398 e. The third-order valence-electron chi connectivity index (χ3n) is 2.43. The van der Waals surface area contributed by atoms with Gasteiger partial charge in [-0.1, -0.05) is 43.5 Å². The van der Waals surface area contributed by atoms with Crippen LogP contribution < -0.4 is 10.5 Å². The minimum atomic E-state index is -3.80. The summed E-state index contributed by atoms with van der Waals surface area (Å²) in [7, 11) is -3.80. The summed E-state index contributed by atoms with van der Waals surface area (Å²) in [5, 5.41) is 0.299. The summed E-state index contributed by atoms with van der Waals surface area (Å²) in [6.45, 7) is 0. The SMILES string of the molecule is Nc1cc(Br)ccc1S(=O)(=O)Nc1cc(Br)ccc1Cl. The summed E-state index contributed by atoms with van der Waals surface area (Å²) in [5.41, 5.74) is 6.17. The maximum atomic E-state index is 12.3. The van der Waals surface area contributed by atoms with Crippen LogP contribution in [0.3, 0.4) is 0 Å². The predicted molar refractivity (Wildman–Crippen MR) is 88.5 cm³/mol. The molecule has 0 amide bonds. The van der Waals surface area contributed by atoms with Crippen LogP contribution in [0.25, 0.3) is 0 Å². The molecule has 0 bridgehead atoms. The van der Waals surface area contributed by atoms with E-state index in [0.29, 0.717) is 14.0 Å². The predicted octanol–water partition coefficient (Wildman–Crippen LogP) is 4.25. The van der Waals surface area contributed by atoms with E-state index in [1.54, 1.807) is 24.3 Å². The van der Waals surface area contributed by atoms with Gasteiger partial charge in [-0.2, -0.15) is 0 Å². The monoisotopic (exact) mass is 438 g/mol. The van der Waals surface area contributed by atoms with Gasteiger partial charge in [0.2, 0.25) is 0 Å². The van der Waals surface area contributed by atoms with Crippen molar-refractivity contribution in [3.8, 4) is 0 Å². The van der Waals surface area contributed by atoms with Crippen LogP contribution in [0, 0.1) is 0 Å². The maximum absolute atomic E-state index is 12.3. The number of halogens is 3. The Labute approximate surface area is 138 Å². The largest absolute Gasteiger partial charge is 0.398 e. The second kappa shape index (κ2) is 5.93. The summed E-state index contributed by atoms with van der Waals surface area (Å²) >= 11 is 12.5. The molecule has 0 atom stereocenters. The lowest BCUT2D eigenvalue weighted by molar-refractivity contribution is 0.601. The van der Waals surface area contributed by atoms with Crippen molar-refractivity contribution in [3.05, 3.63) is 50.4 Å². The Balaban J connectivity index is 2.43. The van der Waals surface area contributed by atoms with E-state index in [4.69, 9.17) is 17.3 Å². The quantitative estimate of drug-likeness (QED) is 0.701. The molecule has 4 nitrogen and oxygen atoms in total. The normalized spacial score (nSPS) is 11.3. The first-order chi connectivity index (χ1) is 9.29. The molecular formula is C12H9Br2ClN2O2S. The fourth-order valence-electron chi connectivity index (χ4n) is 1.54. The van der Waals surface area contributed by atoms with Gasteiger partial charge in [-0.3, -0.25) is 4.72 Å². The molecule has 0 aliphatic heterocycles. The summed E-state index contributed by atoms with van der Waals surface area (Å²) in [5.74, 6) is 0. The van der Waals surface area contributed by atoms with Crippen molar-refractivity contribution in [1.82, 2.24) is 0 Å². The molecule has 0 saturated carbocycles. The number of benzene rings is 2. The topological polar surface area (TPSA) is 72.2 Å². The molecule has 2 aromatic carbocycles. The van der Waals surface area contributed by atoms with Crippen molar-refractivity contribution >= 4 is 64.9 Å². The number of hydrogen-bond acceptors (Lipinski definition) is 3. The summed E-state index contributed by atoms with van der Waals surface area (Å²) in [4.78, 5) is -0.00302. The molecule has 106 valence electrons. The van der Waals surface area contributed by atoms with Crippen LogP contribution in [-0.2, 0) is 10.0 Å². The second-order valence-corrected chi connectivity index (χ2v) is 7.80. The zero-order valence-corrected chi connectivity index (χ0v) is 14.6. The zero-order valence-electron chi connectivity index (χ0n) is 9.90. The second-order valence-electron chi connectivity index (χ2n) is 3.91. The molecule has 0 radical (unpaired) electrons. The van der Waals surface area contributed by atoms with Crippen LogP contribution in [-0.4, -0.2) is 8.42 Å². The molecule has 20 heavy (non-hydrogen) atoms. The van der Waals surface area contributed by atoms with Crippen LogP contribution in [0.5, 0.6) is 0 Å². The van der Waals surface area contributed by atoms with Crippen LogP contribution in [0.4, 0.5) is 11.4 Å². The zero-order chi connectivity index (χ0) is 14.9. The van der Waals surface area contributed by atoms with Crippen LogP contribution in [0.2, 0.25) is 5.02 Å². The van der Waals surface area contributed by atoms with Crippen molar-refractivity contribution < 1.29 is 8.42 Å². The molecule has 0 spiro atoms. The van der Waals surface area contributed by atoms with Gasteiger partial charge in [-0.05, 0) is 36.4 Å². The summed E-state index contributed by atoms with van der Waals surface area (Å²) < 4.78 is 28.5. The highest BCUT2D eigenvalue weighted by Gasteiger charge is 2.19. The molecular weight excluding hydrogens is 431 g/mol. The highest BCUT2D eigenvalue weighted by molar-refractivity contribution is 9.10. The Kier molecular flexibility index (Phi) is 4.63. The third-order valence-corrected chi connectivity index (χ3v) is 5.19. The van der Waals surface area contributed by atoms with Gasteiger partial charge >= 0.3 is 0 Å². The fourth-order valence-corrected chi connectivity index (χ4v) is 3.68. The smallest absolute Gasteiger partial charge is 0.263 e. The van der Waals surface area contributed by atoms with Gasteiger partial charge < -0.3 is 5.73 Å². The molecule has 2 rings (SSSR count). The van der Waals surface area contributed by atoms with Crippen molar-refractivity contribution in [3.63, 3.8) is 0 Å². The Morgan fingerprint density at radius 2 is 1.65 bits per heavy atom. The molecule has 8 heteroatoms. The van der Waals surface area contributed by atoms with Gasteiger partial charge in [-0.15, -0.1) is 0 Å². The minimum absolute atomic E-state index is 0.00302. The Morgan fingerprint density at radius 3 is 2.30 bits per heavy atom. The van der Waals surface area contributed by atoms with E-state index < -0.39 is 10.0 Å². The van der Waals surface area contributed by atoms with Gasteiger partial charge in [-0.25, -0.2) is 8.42 Å². The molecule has 0 aromatic heterocycles. The first-order valence-corrected chi connectivity index (χ1v) is 8.77. The van der Waals surface area contributed by atoms with Gasteiger partial charge in [0.1, 0.15) is 4.90 Å². The Bertz CT molecular complexity index is 766. The average molecular weight is 441 g/mol. The Hall–Kier alpha value is -0.760. The van der Waals surface area contributed by atoms with Crippen molar-refractivity contribution in [2.24, 2.45) is 0 Å². The number of nitrogens with one attached hydrogen (secondary N) is 1. The highest BCUT2D eigenvalue weighted by Crippen LogP contribution is 2.30. The lowest BCUT2D eigenvalue weighted by Gasteiger charge is -2.12. The number of hydrogen-bond donors (Lipinski definition) is 2. The first-order valence-electron chi connectivity index (χ1n) is 5.32. The van der Waals surface area contributed by atoms with Crippen molar-refractivity contribution in [2.45, 2.75) is 4.90 Å². The first kappa shape index (κ1) is 15.6. The fraction of sp³-hybridized carbons (Fsp3) is 0. The van der Waals surface area contributed by atoms with Crippen molar-refractivity contribution in [1.29, 1.82) is 0 Å². The van der Waals surface area contributed by atoms with Gasteiger partial charge in [0.05, 0.1) is 16.4 Å². The van der Waals surface area contributed by atoms with Gasteiger partial charge in [0.25, 0.3) is 10.0 Å². The van der Waals surface area contributed by atoms with E-state index in [2.05, 4.69) is 36.6 Å². The average Bonchev–Trinajstić information content (AvgIpc) is 2.33. The number of sulfonamides is 1. The van der Waals surface area contributed by atoms with Crippen LogP contribution >= 0.6 is 43.5 Å². The lowest BCUT2D eigenvalue weighted by atomic mass is 10.3. The number of anilines is 2. The van der Waals surface area contributed by atoms with E-state index in [1.165, 1.54) is 12.1 Å². The third kappa shape index (κ3) is 3.46. The van der Waals surface area contributed by atoms with Crippen molar-refractivity contribution in [2.75, 3.05) is 10.5 Å². The standard InChI is InChI=1S/C12H9Br2ClN2O2S/c13-7-2-4-12(10(16)5-7)20(18,19)17-11-6-8(14)1-3-9(11)15/h1-6,17H,16H2. The number of nitrogens with two attached hydrogens (primary N) is 1. The van der Waals surface area contributed by atoms with Gasteiger partial charge in [0, 0.05) is 8.95 Å². The molecule has 0 heterocycles. The molecule has 0 saturated heterocycles. The lowest BCUT2D eigenvalue weighted by Crippen LogP contribution is -2.15.